The number of ether oxygens (including phenoxy) is 2. The second kappa shape index (κ2) is 8.74. The van der Waals surface area contributed by atoms with Crippen molar-refractivity contribution in [1.82, 2.24) is 14.9 Å². The van der Waals surface area contributed by atoms with E-state index in [9.17, 15) is 19.1 Å². The van der Waals surface area contributed by atoms with Crippen LogP contribution in [-0.2, 0) is 11.3 Å². The maximum atomic E-state index is 14.6. The Kier molecular flexibility index (Phi) is 6.10. The molecular weight excluding hydrogens is 443 g/mol. The van der Waals surface area contributed by atoms with Gasteiger partial charge in [0.25, 0.3) is 11.8 Å². The van der Waals surface area contributed by atoms with E-state index < -0.39 is 23.2 Å². The van der Waals surface area contributed by atoms with E-state index in [1.54, 1.807) is 11.7 Å². The van der Waals surface area contributed by atoms with Gasteiger partial charge in [-0.15, -0.1) is 0 Å². The minimum absolute atomic E-state index is 0.0165. The zero-order valence-corrected chi connectivity index (χ0v) is 19.3. The molecule has 1 aromatic heterocycles. The number of rotatable bonds is 6. The number of primary amides is 1. The van der Waals surface area contributed by atoms with Crippen molar-refractivity contribution in [3.8, 4) is 29.0 Å². The number of methoxy groups -OCH3 is 1. The lowest BCUT2D eigenvalue weighted by molar-refractivity contribution is 0.0897. The highest BCUT2D eigenvalue weighted by Crippen LogP contribution is 2.45. The molecule has 2 aromatic rings. The third-order valence-corrected chi connectivity index (χ3v) is 5.83. The van der Waals surface area contributed by atoms with E-state index in [2.05, 4.69) is 22.1 Å². The van der Waals surface area contributed by atoms with Crippen LogP contribution in [0.3, 0.4) is 0 Å². The molecule has 10 heteroatoms. The van der Waals surface area contributed by atoms with Crippen LogP contribution in [0.2, 0.25) is 0 Å². The summed E-state index contributed by atoms with van der Waals surface area (Å²) < 4.78 is 27.1. The molecule has 180 valence electrons. The lowest BCUT2D eigenvalue weighted by Crippen LogP contribution is -2.35. The van der Waals surface area contributed by atoms with Crippen LogP contribution in [-0.4, -0.2) is 58.9 Å². The SMILES string of the molecule is COCC1(CNC(=O)c2c(C(N)=O)nc3n2CCOc2cc(F)c(C#CC(C)(C)O)cc2-3)CC1. The Bertz CT molecular complexity index is 1210. The number of hydrogen-bond acceptors (Lipinski definition) is 6. The van der Waals surface area contributed by atoms with Crippen molar-refractivity contribution in [3.05, 3.63) is 34.9 Å². The number of amides is 2. The van der Waals surface area contributed by atoms with E-state index in [1.807, 2.05) is 0 Å². The molecule has 0 saturated heterocycles. The lowest BCUT2D eigenvalue weighted by atomic mass is 10.1. The highest BCUT2D eigenvalue weighted by atomic mass is 19.1. The molecule has 1 aliphatic carbocycles. The summed E-state index contributed by atoms with van der Waals surface area (Å²) in [6.45, 7) is 4.22. The molecule has 4 rings (SSSR count). The number of fused-ring (bicyclic) bond motifs is 3. The number of aliphatic hydroxyl groups is 1. The second-order valence-electron chi connectivity index (χ2n) is 9.25. The number of carbonyl (C=O) groups is 2. The fourth-order valence-electron chi connectivity index (χ4n) is 3.90. The summed E-state index contributed by atoms with van der Waals surface area (Å²) in [5.74, 6) is 3.69. The van der Waals surface area contributed by atoms with Gasteiger partial charge in [-0.1, -0.05) is 11.8 Å². The Morgan fingerprint density at radius 3 is 2.76 bits per heavy atom. The zero-order valence-electron chi connectivity index (χ0n) is 19.3. The van der Waals surface area contributed by atoms with Gasteiger partial charge in [-0.05, 0) is 32.8 Å². The molecule has 1 fully saturated rings. The third kappa shape index (κ3) is 4.76. The third-order valence-electron chi connectivity index (χ3n) is 5.83. The van der Waals surface area contributed by atoms with Crippen molar-refractivity contribution < 1.29 is 28.6 Å². The average Bonchev–Trinajstić information content (AvgIpc) is 3.45. The van der Waals surface area contributed by atoms with Crippen molar-refractivity contribution in [2.75, 3.05) is 26.9 Å². The van der Waals surface area contributed by atoms with Crippen LogP contribution in [0.5, 0.6) is 5.75 Å². The van der Waals surface area contributed by atoms with E-state index in [0.717, 1.165) is 12.8 Å². The number of benzene rings is 1. The standard InChI is InChI=1S/C24H27FN4O5/c1-23(2,32)5-4-14-10-15-17(11-16(14)25)34-9-8-29-19(18(20(26)30)28-21(15)29)22(31)27-12-24(6-7-24)13-33-3/h10-11,32H,6-9,12-13H2,1-3H3,(H2,26,30)(H,27,31). The number of nitrogens with one attached hydrogen (secondary N) is 1. The minimum Gasteiger partial charge on any atom is -0.491 e. The smallest absolute Gasteiger partial charge is 0.270 e. The van der Waals surface area contributed by atoms with Crippen LogP contribution in [0.4, 0.5) is 4.39 Å². The van der Waals surface area contributed by atoms with Crippen LogP contribution < -0.4 is 15.8 Å². The van der Waals surface area contributed by atoms with E-state index in [0.29, 0.717) is 18.7 Å². The fraction of sp³-hybridized carbons (Fsp3) is 0.458. The van der Waals surface area contributed by atoms with Crippen LogP contribution in [0.25, 0.3) is 11.4 Å². The van der Waals surface area contributed by atoms with Crippen LogP contribution >= 0.6 is 0 Å². The van der Waals surface area contributed by atoms with Gasteiger partial charge in [0.1, 0.15) is 35.3 Å². The summed E-state index contributed by atoms with van der Waals surface area (Å²) in [5.41, 5.74) is 4.37. The summed E-state index contributed by atoms with van der Waals surface area (Å²) in [6, 6.07) is 2.61. The number of imidazole rings is 1. The van der Waals surface area contributed by atoms with Crippen molar-refractivity contribution >= 4 is 11.8 Å². The Labute approximate surface area is 196 Å². The van der Waals surface area contributed by atoms with E-state index in [4.69, 9.17) is 15.2 Å². The first kappa shape index (κ1) is 23.7. The maximum absolute atomic E-state index is 14.6. The molecule has 2 aliphatic rings. The van der Waals surface area contributed by atoms with Gasteiger partial charge in [0.2, 0.25) is 0 Å². The van der Waals surface area contributed by atoms with Gasteiger partial charge in [-0.2, -0.15) is 0 Å². The monoisotopic (exact) mass is 470 g/mol. The molecule has 0 bridgehead atoms. The van der Waals surface area contributed by atoms with Crippen LogP contribution in [0.15, 0.2) is 12.1 Å². The molecule has 1 aromatic carbocycles. The van der Waals surface area contributed by atoms with E-state index in [1.165, 1.54) is 26.0 Å². The number of aromatic nitrogens is 2. The molecule has 1 saturated carbocycles. The number of nitrogens with two attached hydrogens (primary N) is 1. The highest BCUT2D eigenvalue weighted by molar-refractivity contribution is 6.05. The number of halogens is 1. The minimum atomic E-state index is -1.32. The summed E-state index contributed by atoms with van der Waals surface area (Å²) in [5, 5.41) is 12.8. The number of hydrogen-bond donors (Lipinski definition) is 3. The molecule has 34 heavy (non-hydrogen) atoms. The average molecular weight is 471 g/mol. The number of nitrogens with zero attached hydrogens (tertiary/aromatic N) is 2. The quantitative estimate of drug-likeness (QED) is 0.549. The van der Waals surface area contributed by atoms with Crippen molar-refractivity contribution in [1.29, 1.82) is 0 Å². The molecule has 9 nitrogen and oxygen atoms in total. The zero-order chi connectivity index (χ0) is 24.7. The summed E-state index contributed by atoms with van der Waals surface area (Å²) in [6.07, 6.45) is 1.88. The first-order chi connectivity index (χ1) is 16.0. The highest BCUT2D eigenvalue weighted by Gasteiger charge is 2.43. The van der Waals surface area contributed by atoms with Gasteiger partial charge in [0.05, 0.1) is 24.3 Å². The predicted octanol–water partition coefficient (Wildman–Crippen LogP) is 1.46. The van der Waals surface area contributed by atoms with Gasteiger partial charge in [-0.25, -0.2) is 9.37 Å². The van der Waals surface area contributed by atoms with Crippen LogP contribution in [0, 0.1) is 23.1 Å². The van der Waals surface area contributed by atoms with Gasteiger partial charge >= 0.3 is 0 Å². The predicted molar refractivity (Wildman–Crippen MR) is 121 cm³/mol. The molecule has 0 unspecified atom stereocenters. The summed E-state index contributed by atoms with van der Waals surface area (Å²) in [4.78, 5) is 29.7. The van der Waals surface area contributed by atoms with E-state index >= 15 is 0 Å². The van der Waals surface area contributed by atoms with Crippen molar-refractivity contribution in [2.45, 2.75) is 38.8 Å². The first-order valence-corrected chi connectivity index (χ1v) is 10.9. The van der Waals surface area contributed by atoms with Crippen LogP contribution in [0.1, 0.15) is 53.2 Å². The Morgan fingerprint density at radius 1 is 1.41 bits per heavy atom. The topological polar surface area (TPSA) is 129 Å². The van der Waals surface area contributed by atoms with Gasteiger partial charge in [-0.3, -0.25) is 9.59 Å². The molecule has 2 heterocycles. The summed E-state index contributed by atoms with van der Waals surface area (Å²) >= 11 is 0. The Hall–Kier alpha value is -3.42. The molecule has 0 atom stereocenters. The first-order valence-electron chi connectivity index (χ1n) is 10.9. The van der Waals surface area contributed by atoms with Crippen molar-refractivity contribution in [2.24, 2.45) is 11.1 Å². The van der Waals surface area contributed by atoms with E-state index in [-0.39, 0.29) is 47.1 Å². The second-order valence-corrected chi connectivity index (χ2v) is 9.25. The lowest BCUT2D eigenvalue weighted by Gasteiger charge is -2.16. The fourth-order valence-corrected chi connectivity index (χ4v) is 3.90. The van der Waals surface area contributed by atoms with Gasteiger partial charge < -0.3 is 30.2 Å². The Balaban J connectivity index is 1.76. The molecule has 0 spiro atoms. The van der Waals surface area contributed by atoms with Gasteiger partial charge in [0.15, 0.2) is 5.69 Å². The van der Waals surface area contributed by atoms with Crippen molar-refractivity contribution in [3.63, 3.8) is 0 Å². The molecule has 2 amide bonds. The Morgan fingerprint density at radius 2 is 2.15 bits per heavy atom. The molecule has 0 radical (unpaired) electrons. The molecular formula is C24H27FN4O5. The number of carbonyl (C=O) groups excluding carboxylic acids is 2. The largest absolute Gasteiger partial charge is 0.491 e. The normalized spacial score (nSPS) is 15.7. The molecule has 4 N–H and O–H groups in total. The summed E-state index contributed by atoms with van der Waals surface area (Å²) in [7, 11) is 1.62. The molecule has 1 aliphatic heterocycles. The maximum Gasteiger partial charge on any atom is 0.270 e. The van der Waals surface area contributed by atoms with Gasteiger partial charge in [0, 0.05) is 25.1 Å².